The summed E-state index contributed by atoms with van der Waals surface area (Å²) in [7, 11) is 0. The van der Waals surface area contributed by atoms with Crippen LogP contribution in [-0.4, -0.2) is 53.6 Å². The second kappa shape index (κ2) is 9.08. The smallest absolute Gasteiger partial charge is 0.330 e. The van der Waals surface area contributed by atoms with E-state index in [2.05, 4.69) is 9.80 Å². The molecule has 0 atom stereocenters. The third-order valence-corrected chi connectivity index (χ3v) is 5.14. The molecule has 1 aliphatic rings. The average Bonchev–Trinajstić information content (AvgIpc) is 2.70. The van der Waals surface area contributed by atoms with Gasteiger partial charge >= 0.3 is 5.97 Å². The molecule has 4 nitrogen and oxygen atoms in total. The number of carbonyl (C=O) groups is 1. The summed E-state index contributed by atoms with van der Waals surface area (Å²) in [6.07, 6.45) is 1.73. The molecule has 0 aromatic heterocycles. The van der Waals surface area contributed by atoms with E-state index < -0.39 is 5.97 Å². The molecule has 148 valence electrons. The first-order valence-corrected chi connectivity index (χ1v) is 9.31. The van der Waals surface area contributed by atoms with Crippen molar-refractivity contribution < 1.29 is 18.7 Å². The second-order valence-electron chi connectivity index (χ2n) is 7.03. The molecule has 1 saturated heterocycles. The molecule has 2 aromatic carbocycles. The van der Waals surface area contributed by atoms with Gasteiger partial charge < -0.3 is 5.11 Å². The van der Waals surface area contributed by atoms with Crippen molar-refractivity contribution in [3.63, 3.8) is 0 Å². The van der Waals surface area contributed by atoms with E-state index in [9.17, 15) is 13.6 Å². The largest absolute Gasteiger partial charge is 0.478 e. The van der Waals surface area contributed by atoms with Crippen LogP contribution < -0.4 is 0 Å². The van der Waals surface area contributed by atoms with E-state index in [-0.39, 0.29) is 17.7 Å². The van der Waals surface area contributed by atoms with E-state index in [0.717, 1.165) is 37.3 Å². The minimum absolute atomic E-state index is 0.0837. The maximum Gasteiger partial charge on any atom is 0.330 e. The number of hydrogen-bond donors (Lipinski definition) is 1. The van der Waals surface area contributed by atoms with Crippen LogP contribution in [0.25, 0.3) is 0 Å². The zero-order valence-electron chi connectivity index (χ0n) is 15.8. The third-order valence-electron chi connectivity index (χ3n) is 5.14. The molecule has 2 aromatic rings. The number of aliphatic carboxylic acids is 1. The molecule has 0 radical (unpaired) electrons. The first-order chi connectivity index (χ1) is 13.4. The standard InChI is InChI=1S/C22H24F2N2O2/c1-16(22(27)28)10-11-25-12-14-26(15-13-25)21(17-2-6-19(23)7-3-17)18-4-8-20(24)9-5-18/h2-10,21H,11-15H2,1H3,(H,27,28)/b16-10+. The molecular formula is C22H24F2N2O2. The number of carboxylic acid groups (broad SMARTS) is 1. The van der Waals surface area contributed by atoms with E-state index in [1.165, 1.54) is 24.3 Å². The van der Waals surface area contributed by atoms with Crippen molar-refractivity contribution in [1.29, 1.82) is 0 Å². The average molecular weight is 386 g/mol. The molecule has 1 fully saturated rings. The van der Waals surface area contributed by atoms with Gasteiger partial charge in [0.25, 0.3) is 0 Å². The molecule has 1 N–H and O–H groups in total. The summed E-state index contributed by atoms with van der Waals surface area (Å²) < 4.78 is 26.8. The lowest BCUT2D eigenvalue weighted by molar-refractivity contribution is -0.132. The van der Waals surface area contributed by atoms with E-state index in [1.807, 2.05) is 0 Å². The Morgan fingerprint density at radius 3 is 1.86 bits per heavy atom. The molecule has 1 aliphatic heterocycles. The highest BCUT2D eigenvalue weighted by Gasteiger charge is 2.26. The van der Waals surface area contributed by atoms with Crippen molar-refractivity contribution in [2.75, 3.05) is 32.7 Å². The first kappa shape index (κ1) is 20.2. The van der Waals surface area contributed by atoms with Gasteiger partial charge in [-0.3, -0.25) is 9.80 Å². The fourth-order valence-corrected chi connectivity index (χ4v) is 3.46. The summed E-state index contributed by atoms with van der Waals surface area (Å²) in [6.45, 7) is 5.34. The minimum Gasteiger partial charge on any atom is -0.478 e. The third kappa shape index (κ3) is 5.03. The van der Waals surface area contributed by atoms with Crippen LogP contribution in [0, 0.1) is 11.6 Å². The maximum atomic E-state index is 13.4. The van der Waals surface area contributed by atoms with Gasteiger partial charge in [-0.15, -0.1) is 0 Å². The predicted molar refractivity (Wildman–Crippen MR) is 104 cm³/mol. The Labute approximate surface area is 163 Å². The Bertz CT molecular complexity index is 781. The lowest BCUT2D eigenvalue weighted by Gasteiger charge is -2.39. The monoisotopic (exact) mass is 386 g/mol. The van der Waals surface area contributed by atoms with Crippen LogP contribution in [0.4, 0.5) is 8.78 Å². The number of rotatable bonds is 6. The van der Waals surface area contributed by atoms with Crippen LogP contribution in [0.2, 0.25) is 0 Å². The molecule has 1 heterocycles. The van der Waals surface area contributed by atoms with Gasteiger partial charge in [0.1, 0.15) is 11.6 Å². The predicted octanol–water partition coefficient (Wildman–Crippen LogP) is 3.70. The fourth-order valence-electron chi connectivity index (χ4n) is 3.46. The Kier molecular flexibility index (Phi) is 6.54. The second-order valence-corrected chi connectivity index (χ2v) is 7.03. The molecule has 6 heteroatoms. The molecule has 0 aliphatic carbocycles. The number of carboxylic acids is 1. The summed E-state index contributed by atoms with van der Waals surface area (Å²) in [4.78, 5) is 15.4. The van der Waals surface area contributed by atoms with Crippen LogP contribution in [0.15, 0.2) is 60.2 Å². The van der Waals surface area contributed by atoms with Crippen molar-refractivity contribution in [3.05, 3.63) is 82.9 Å². The van der Waals surface area contributed by atoms with Crippen LogP contribution in [0.3, 0.4) is 0 Å². The maximum absolute atomic E-state index is 13.4. The van der Waals surface area contributed by atoms with Crippen molar-refractivity contribution in [2.45, 2.75) is 13.0 Å². The number of nitrogens with zero attached hydrogens (tertiary/aromatic N) is 2. The Morgan fingerprint density at radius 1 is 0.964 bits per heavy atom. The Balaban J connectivity index is 1.75. The van der Waals surface area contributed by atoms with Crippen molar-refractivity contribution in [3.8, 4) is 0 Å². The van der Waals surface area contributed by atoms with Gasteiger partial charge in [-0.25, -0.2) is 13.6 Å². The van der Waals surface area contributed by atoms with Crippen molar-refractivity contribution in [1.82, 2.24) is 9.80 Å². The molecule has 0 saturated carbocycles. The van der Waals surface area contributed by atoms with Crippen molar-refractivity contribution in [2.24, 2.45) is 0 Å². The van der Waals surface area contributed by atoms with E-state index in [4.69, 9.17) is 5.11 Å². The van der Waals surface area contributed by atoms with Gasteiger partial charge in [0.15, 0.2) is 0 Å². The summed E-state index contributed by atoms with van der Waals surface area (Å²) >= 11 is 0. The number of benzene rings is 2. The molecule has 0 bridgehead atoms. The molecule has 0 amide bonds. The van der Waals surface area contributed by atoms with Gasteiger partial charge in [0, 0.05) is 38.3 Å². The van der Waals surface area contributed by atoms with Crippen LogP contribution in [0.5, 0.6) is 0 Å². The van der Waals surface area contributed by atoms with Crippen molar-refractivity contribution >= 4 is 5.97 Å². The van der Waals surface area contributed by atoms with E-state index >= 15 is 0 Å². The van der Waals surface area contributed by atoms with E-state index in [1.54, 1.807) is 37.3 Å². The highest BCUT2D eigenvalue weighted by molar-refractivity contribution is 5.85. The summed E-state index contributed by atoms with van der Waals surface area (Å²) in [5.41, 5.74) is 2.27. The highest BCUT2D eigenvalue weighted by Crippen LogP contribution is 2.30. The summed E-state index contributed by atoms with van der Waals surface area (Å²) in [5.74, 6) is -1.47. The van der Waals surface area contributed by atoms with Crippen LogP contribution in [0.1, 0.15) is 24.1 Å². The SMILES string of the molecule is C/C(=C\CN1CCN(C(c2ccc(F)cc2)c2ccc(F)cc2)CC1)C(=O)O. The summed E-state index contributed by atoms with van der Waals surface area (Å²) in [6, 6.07) is 12.8. The zero-order valence-corrected chi connectivity index (χ0v) is 15.8. The molecular weight excluding hydrogens is 362 g/mol. The highest BCUT2D eigenvalue weighted by atomic mass is 19.1. The lowest BCUT2D eigenvalue weighted by Crippen LogP contribution is -2.47. The normalized spacial score (nSPS) is 16.5. The lowest BCUT2D eigenvalue weighted by atomic mass is 9.96. The number of halogens is 2. The number of hydrogen-bond acceptors (Lipinski definition) is 3. The van der Waals surface area contributed by atoms with Crippen LogP contribution >= 0.6 is 0 Å². The molecule has 0 spiro atoms. The topological polar surface area (TPSA) is 43.8 Å². The van der Waals surface area contributed by atoms with Gasteiger partial charge in [0.2, 0.25) is 0 Å². The quantitative estimate of drug-likeness (QED) is 0.769. The molecule has 28 heavy (non-hydrogen) atoms. The Hall–Kier alpha value is -2.57. The Morgan fingerprint density at radius 2 is 1.43 bits per heavy atom. The molecule has 3 rings (SSSR count). The van der Waals surface area contributed by atoms with E-state index in [0.29, 0.717) is 12.1 Å². The van der Waals surface area contributed by atoms with Gasteiger partial charge in [-0.05, 0) is 42.3 Å². The minimum atomic E-state index is -0.897. The first-order valence-electron chi connectivity index (χ1n) is 9.31. The van der Waals surface area contributed by atoms with Gasteiger partial charge in [-0.1, -0.05) is 30.3 Å². The zero-order chi connectivity index (χ0) is 20.1. The number of piperazine rings is 1. The van der Waals surface area contributed by atoms with Gasteiger partial charge in [-0.2, -0.15) is 0 Å². The fraction of sp³-hybridized carbons (Fsp3) is 0.318. The van der Waals surface area contributed by atoms with Gasteiger partial charge in [0.05, 0.1) is 6.04 Å². The van der Waals surface area contributed by atoms with Crippen LogP contribution in [-0.2, 0) is 4.79 Å². The summed E-state index contributed by atoms with van der Waals surface area (Å²) in [5, 5.41) is 8.97. The molecule has 0 unspecified atom stereocenters.